The predicted molar refractivity (Wildman–Crippen MR) is 81.1 cm³/mol. The Morgan fingerprint density at radius 1 is 1.33 bits per heavy atom. The summed E-state index contributed by atoms with van der Waals surface area (Å²) in [5.41, 5.74) is -0.713. The van der Waals surface area contributed by atoms with E-state index in [1.54, 1.807) is 17.5 Å². The number of nitriles is 1. The van der Waals surface area contributed by atoms with Crippen LogP contribution in [0, 0.1) is 14.2 Å². The fourth-order valence-corrected chi connectivity index (χ4v) is 2.87. The molecule has 108 valence electrons. The van der Waals surface area contributed by atoms with E-state index < -0.39 is 17.6 Å². The van der Waals surface area contributed by atoms with E-state index >= 15 is 0 Å². The number of amides is 1. The lowest BCUT2D eigenvalue weighted by molar-refractivity contribution is -0.137. The highest BCUT2D eigenvalue weighted by molar-refractivity contribution is 14.1. The molecule has 1 aromatic carbocycles. The maximum Gasteiger partial charge on any atom is 0.416 e. The van der Waals surface area contributed by atoms with Crippen LogP contribution in [0.3, 0.4) is 0 Å². The normalized spacial score (nSPS) is 11.0. The number of alkyl halides is 3. The van der Waals surface area contributed by atoms with Crippen LogP contribution in [0.15, 0.2) is 29.6 Å². The number of hydrogen-bond donors (Lipinski definition) is 1. The van der Waals surface area contributed by atoms with Crippen molar-refractivity contribution in [2.45, 2.75) is 6.18 Å². The van der Waals surface area contributed by atoms with E-state index in [0.29, 0.717) is 11.6 Å². The second kappa shape index (κ2) is 6.03. The molecule has 0 saturated carbocycles. The molecule has 0 radical (unpaired) electrons. The van der Waals surface area contributed by atoms with Crippen molar-refractivity contribution in [2.24, 2.45) is 0 Å². The number of rotatable bonds is 2. The molecule has 3 nitrogen and oxygen atoms in total. The number of benzene rings is 1. The highest BCUT2D eigenvalue weighted by atomic mass is 127. The fourth-order valence-electron chi connectivity index (χ4n) is 1.55. The Morgan fingerprint density at radius 3 is 2.57 bits per heavy atom. The first-order valence-electron chi connectivity index (χ1n) is 5.48. The van der Waals surface area contributed by atoms with E-state index in [2.05, 4.69) is 27.9 Å². The van der Waals surface area contributed by atoms with E-state index in [9.17, 15) is 18.0 Å². The van der Waals surface area contributed by atoms with Gasteiger partial charge >= 0.3 is 6.18 Å². The highest BCUT2D eigenvalue weighted by Gasteiger charge is 2.31. The number of carbonyl (C=O) groups is 1. The Bertz CT molecular complexity index is 734. The second-order valence-corrected chi connectivity index (χ2v) is 6.77. The number of nitrogens with zero attached hydrogens (tertiary/aromatic N) is 1. The molecule has 8 heteroatoms. The molecule has 0 bridgehead atoms. The summed E-state index contributed by atoms with van der Waals surface area (Å²) < 4.78 is 38.6. The SMILES string of the molecule is N#Cc1cc(C(F)(F)F)ccc1NC(=O)c1csc(I)c1. The molecule has 1 aromatic heterocycles. The van der Waals surface area contributed by atoms with Crippen molar-refractivity contribution < 1.29 is 18.0 Å². The Kier molecular flexibility index (Phi) is 4.53. The van der Waals surface area contributed by atoms with Crippen LogP contribution in [-0.2, 0) is 6.18 Å². The van der Waals surface area contributed by atoms with Gasteiger partial charge in [0, 0.05) is 5.38 Å². The van der Waals surface area contributed by atoms with Gasteiger partial charge in [-0.15, -0.1) is 11.3 Å². The molecular weight excluding hydrogens is 416 g/mol. The lowest BCUT2D eigenvalue weighted by Gasteiger charge is -2.10. The van der Waals surface area contributed by atoms with Gasteiger partial charge < -0.3 is 5.32 Å². The van der Waals surface area contributed by atoms with Gasteiger partial charge in [-0.2, -0.15) is 18.4 Å². The molecule has 2 rings (SSSR count). The third-order valence-electron chi connectivity index (χ3n) is 2.55. The quantitative estimate of drug-likeness (QED) is 0.726. The molecule has 21 heavy (non-hydrogen) atoms. The summed E-state index contributed by atoms with van der Waals surface area (Å²) in [4.78, 5) is 11.9. The van der Waals surface area contributed by atoms with Gasteiger partial charge in [-0.05, 0) is 46.9 Å². The molecule has 0 fully saturated rings. The van der Waals surface area contributed by atoms with Crippen molar-refractivity contribution in [3.8, 4) is 6.07 Å². The smallest absolute Gasteiger partial charge is 0.321 e. The molecule has 0 aliphatic heterocycles. The lowest BCUT2D eigenvalue weighted by atomic mass is 10.1. The molecule has 0 saturated heterocycles. The molecule has 1 heterocycles. The number of nitrogens with one attached hydrogen (secondary N) is 1. The summed E-state index contributed by atoms with van der Waals surface area (Å²) in [6, 6.07) is 5.93. The van der Waals surface area contributed by atoms with Crippen LogP contribution in [0.25, 0.3) is 0 Å². The third kappa shape index (κ3) is 3.74. The summed E-state index contributed by atoms with van der Waals surface area (Å²) in [6.45, 7) is 0. The number of anilines is 1. The average Bonchev–Trinajstić information content (AvgIpc) is 2.84. The zero-order chi connectivity index (χ0) is 15.6. The van der Waals surface area contributed by atoms with Crippen molar-refractivity contribution >= 4 is 45.5 Å². The minimum absolute atomic E-state index is 0.0525. The molecule has 2 aromatic rings. The minimum atomic E-state index is -4.53. The van der Waals surface area contributed by atoms with Crippen molar-refractivity contribution in [2.75, 3.05) is 5.32 Å². The number of thiophene rings is 1. The Balaban J connectivity index is 2.29. The third-order valence-corrected chi connectivity index (χ3v) is 4.33. The Labute approximate surface area is 135 Å². The summed E-state index contributed by atoms with van der Waals surface area (Å²) in [5.74, 6) is -0.467. The number of hydrogen-bond acceptors (Lipinski definition) is 3. The zero-order valence-electron chi connectivity index (χ0n) is 10.2. The van der Waals surface area contributed by atoms with E-state index in [4.69, 9.17) is 5.26 Å². The molecule has 0 unspecified atom stereocenters. The molecule has 0 aliphatic rings. The largest absolute Gasteiger partial charge is 0.416 e. The maximum atomic E-state index is 12.6. The molecular formula is C13H6F3IN2OS. The topological polar surface area (TPSA) is 52.9 Å². The summed E-state index contributed by atoms with van der Waals surface area (Å²) >= 11 is 3.42. The van der Waals surface area contributed by atoms with Crippen LogP contribution >= 0.6 is 33.9 Å². The van der Waals surface area contributed by atoms with Gasteiger partial charge in [-0.3, -0.25) is 4.79 Å². The van der Waals surface area contributed by atoms with Gasteiger partial charge in [-0.1, -0.05) is 0 Å². The summed E-state index contributed by atoms with van der Waals surface area (Å²) in [7, 11) is 0. The van der Waals surface area contributed by atoms with Crippen molar-refractivity contribution in [3.05, 3.63) is 49.2 Å². The zero-order valence-corrected chi connectivity index (χ0v) is 13.1. The Morgan fingerprint density at radius 2 is 2.05 bits per heavy atom. The first kappa shape index (κ1) is 15.8. The summed E-state index contributed by atoms with van der Waals surface area (Å²) in [6.07, 6.45) is -4.53. The highest BCUT2D eigenvalue weighted by Crippen LogP contribution is 2.31. The van der Waals surface area contributed by atoms with Crippen LogP contribution in [0.4, 0.5) is 18.9 Å². The molecule has 0 spiro atoms. The fraction of sp³-hybridized carbons (Fsp3) is 0.0769. The number of carbonyl (C=O) groups excluding carboxylic acids is 1. The van der Waals surface area contributed by atoms with E-state index in [-0.39, 0.29) is 11.3 Å². The van der Waals surface area contributed by atoms with Crippen LogP contribution in [0.5, 0.6) is 0 Å². The van der Waals surface area contributed by atoms with Crippen molar-refractivity contribution in [1.29, 1.82) is 5.26 Å². The van der Waals surface area contributed by atoms with Crippen LogP contribution in [-0.4, -0.2) is 5.91 Å². The van der Waals surface area contributed by atoms with Crippen molar-refractivity contribution in [1.82, 2.24) is 0 Å². The van der Waals surface area contributed by atoms with Gasteiger partial charge in [0.05, 0.1) is 25.3 Å². The predicted octanol–water partition coefficient (Wildman–Crippen LogP) is 4.50. The van der Waals surface area contributed by atoms with E-state index in [0.717, 1.165) is 15.0 Å². The van der Waals surface area contributed by atoms with E-state index in [1.807, 2.05) is 0 Å². The van der Waals surface area contributed by atoms with Gasteiger partial charge in [0.25, 0.3) is 5.91 Å². The van der Waals surface area contributed by atoms with Gasteiger partial charge in [0.1, 0.15) is 6.07 Å². The lowest BCUT2D eigenvalue weighted by Crippen LogP contribution is -2.13. The number of halogens is 4. The first-order valence-corrected chi connectivity index (χ1v) is 7.44. The second-order valence-electron chi connectivity index (χ2n) is 3.96. The van der Waals surface area contributed by atoms with Crippen molar-refractivity contribution in [3.63, 3.8) is 0 Å². The average molecular weight is 422 g/mol. The monoisotopic (exact) mass is 422 g/mol. The van der Waals surface area contributed by atoms with Gasteiger partial charge in [0.15, 0.2) is 0 Å². The molecule has 0 atom stereocenters. The summed E-state index contributed by atoms with van der Waals surface area (Å²) in [5, 5.41) is 13.0. The van der Waals surface area contributed by atoms with Gasteiger partial charge in [-0.25, -0.2) is 0 Å². The first-order chi connectivity index (χ1) is 9.81. The standard InChI is InChI=1S/C13H6F3IN2OS/c14-13(15,16)9-1-2-10(7(3-9)5-18)19-12(20)8-4-11(17)21-6-8/h1-4,6H,(H,19,20). The maximum absolute atomic E-state index is 12.6. The van der Waals surface area contributed by atoms with Crippen LogP contribution < -0.4 is 5.32 Å². The Hall–Kier alpha value is -1.60. The van der Waals surface area contributed by atoms with Crippen LogP contribution in [0.1, 0.15) is 21.5 Å². The molecule has 1 amide bonds. The van der Waals surface area contributed by atoms with E-state index in [1.165, 1.54) is 11.3 Å². The van der Waals surface area contributed by atoms with Gasteiger partial charge in [0.2, 0.25) is 0 Å². The minimum Gasteiger partial charge on any atom is -0.321 e. The van der Waals surface area contributed by atoms with Crippen LogP contribution in [0.2, 0.25) is 0 Å². The molecule has 0 aliphatic carbocycles. The molecule has 1 N–H and O–H groups in total.